The van der Waals surface area contributed by atoms with Crippen LogP contribution in [0.15, 0.2) is 60.1 Å². The lowest BCUT2D eigenvalue weighted by atomic mass is 10.2. The molecule has 6 nitrogen and oxygen atoms in total. The summed E-state index contributed by atoms with van der Waals surface area (Å²) in [5.74, 6) is -0.796. The Morgan fingerprint density at radius 2 is 2.04 bits per heavy atom. The monoisotopic (exact) mass is 399 g/mol. The maximum Gasteiger partial charge on any atom is 0.279 e. The molecule has 0 aliphatic heterocycles. The number of aromatic nitrogens is 4. The van der Waals surface area contributed by atoms with Crippen molar-refractivity contribution in [2.24, 2.45) is 0 Å². The molecule has 4 aromatic rings. The van der Waals surface area contributed by atoms with Crippen molar-refractivity contribution in [1.82, 2.24) is 20.0 Å². The van der Waals surface area contributed by atoms with Gasteiger partial charge in [0.2, 0.25) is 0 Å². The van der Waals surface area contributed by atoms with E-state index < -0.39 is 5.91 Å². The van der Waals surface area contributed by atoms with Gasteiger partial charge in [0.25, 0.3) is 5.91 Å². The van der Waals surface area contributed by atoms with Gasteiger partial charge in [-0.05, 0) is 24.3 Å². The van der Waals surface area contributed by atoms with Crippen molar-refractivity contribution in [3.05, 3.63) is 76.6 Å². The Hall–Kier alpha value is -3.10. The lowest BCUT2D eigenvalue weighted by Gasteiger charge is -2.01. The first-order valence-electron chi connectivity index (χ1n) is 7.80. The zero-order valence-corrected chi connectivity index (χ0v) is 15.2. The van der Waals surface area contributed by atoms with Gasteiger partial charge in [-0.15, -0.1) is 16.4 Å². The fraction of sp³-hybridized carbons (Fsp3) is 0. The van der Waals surface area contributed by atoms with Gasteiger partial charge in [-0.3, -0.25) is 10.1 Å². The van der Waals surface area contributed by atoms with E-state index in [9.17, 15) is 9.18 Å². The van der Waals surface area contributed by atoms with Crippen molar-refractivity contribution < 1.29 is 9.18 Å². The summed E-state index contributed by atoms with van der Waals surface area (Å²) in [5, 5.41) is 13.1. The van der Waals surface area contributed by atoms with Crippen LogP contribution in [0.1, 0.15) is 10.5 Å². The normalized spacial score (nSPS) is 10.7. The fourth-order valence-corrected chi connectivity index (χ4v) is 3.33. The number of carbonyl (C=O) groups is 1. The maximum absolute atomic E-state index is 13.3. The van der Waals surface area contributed by atoms with Crippen LogP contribution in [0.5, 0.6) is 0 Å². The predicted molar refractivity (Wildman–Crippen MR) is 102 cm³/mol. The number of para-hydroxylation sites is 1. The van der Waals surface area contributed by atoms with E-state index in [1.807, 2.05) is 6.07 Å². The molecule has 0 unspecified atom stereocenters. The summed E-state index contributed by atoms with van der Waals surface area (Å²) in [7, 11) is 0. The van der Waals surface area contributed by atoms with E-state index >= 15 is 0 Å². The highest BCUT2D eigenvalue weighted by Crippen LogP contribution is 2.25. The number of halogens is 2. The van der Waals surface area contributed by atoms with Crippen molar-refractivity contribution in [3.8, 4) is 16.9 Å². The Labute approximate surface area is 162 Å². The zero-order chi connectivity index (χ0) is 18.8. The summed E-state index contributed by atoms with van der Waals surface area (Å²) in [6.07, 6.45) is 1.48. The predicted octanol–water partition coefficient (Wildman–Crippen LogP) is 4.44. The summed E-state index contributed by atoms with van der Waals surface area (Å²) in [5.41, 5.74) is 1.96. The lowest BCUT2D eigenvalue weighted by Crippen LogP contribution is -2.12. The minimum absolute atomic E-state index is 0.123. The molecule has 9 heteroatoms. The van der Waals surface area contributed by atoms with E-state index in [0.29, 0.717) is 27.1 Å². The minimum atomic E-state index is -0.451. The molecule has 0 aliphatic rings. The van der Waals surface area contributed by atoms with Crippen LogP contribution in [-0.2, 0) is 0 Å². The molecule has 0 bridgehead atoms. The molecule has 2 heterocycles. The van der Waals surface area contributed by atoms with E-state index in [4.69, 9.17) is 11.6 Å². The van der Waals surface area contributed by atoms with Gasteiger partial charge < -0.3 is 0 Å². The van der Waals surface area contributed by atoms with Gasteiger partial charge in [0.1, 0.15) is 5.82 Å². The number of carbonyl (C=O) groups excluding carboxylic acids is 1. The van der Waals surface area contributed by atoms with Crippen molar-refractivity contribution >= 4 is 34.0 Å². The highest BCUT2D eigenvalue weighted by molar-refractivity contribution is 7.14. The van der Waals surface area contributed by atoms with Crippen LogP contribution >= 0.6 is 22.9 Å². The molecule has 27 heavy (non-hydrogen) atoms. The summed E-state index contributed by atoms with van der Waals surface area (Å²) < 4.78 is 14.8. The van der Waals surface area contributed by atoms with Crippen LogP contribution in [0.4, 0.5) is 9.52 Å². The number of thiazole rings is 1. The van der Waals surface area contributed by atoms with Crippen molar-refractivity contribution in [3.63, 3.8) is 0 Å². The fourth-order valence-electron chi connectivity index (χ4n) is 2.40. The van der Waals surface area contributed by atoms with Gasteiger partial charge in [-0.1, -0.05) is 41.1 Å². The number of nitrogens with zero attached hydrogens (tertiary/aromatic N) is 4. The van der Waals surface area contributed by atoms with Crippen molar-refractivity contribution in [2.45, 2.75) is 0 Å². The largest absolute Gasteiger partial charge is 0.296 e. The Kier molecular flexibility index (Phi) is 4.66. The van der Waals surface area contributed by atoms with Gasteiger partial charge in [0, 0.05) is 10.9 Å². The smallest absolute Gasteiger partial charge is 0.279 e. The molecule has 0 aliphatic carbocycles. The average molecular weight is 400 g/mol. The molecule has 1 amide bonds. The number of hydrogen-bond acceptors (Lipinski definition) is 5. The van der Waals surface area contributed by atoms with Crippen LogP contribution in [0.2, 0.25) is 5.02 Å². The molecule has 2 aromatic carbocycles. The molecular formula is C18H11ClFN5OS. The first-order valence-corrected chi connectivity index (χ1v) is 9.06. The van der Waals surface area contributed by atoms with Crippen molar-refractivity contribution in [1.29, 1.82) is 0 Å². The standard InChI is InChI=1S/C18H11ClFN5OS/c19-13-6-1-2-7-16(13)25-9-14(23-24-25)17(26)22-18-21-15(10-27-18)11-4-3-5-12(20)8-11/h1-10H,(H,21,22,26). The van der Waals surface area contributed by atoms with Gasteiger partial charge >= 0.3 is 0 Å². The quantitative estimate of drug-likeness (QED) is 0.550. The zero-order valence-electron chi connectivity index (χ0n) is 13.6. The van der Waals surface area contributed by atoms with E-state index in [1.54, 1.807) is 35.7 Å². The van der Waals surface area contributed by atoms with Crippen LogP contribution in [0.25, 0.3) is 16.9 Å². The first-order chi connectivity index (χ1) is 13.1. The Morgan fingerprint density at radius 1 is 1.19 bits per heavy atom. The summed E-state index contributed by atoms with van der Waals surface area (Å²) in [6, 6.07) is 13.2. The average Bonchev–Trinajstić information content (AvgIpc) is 3.32. The molecule has 0 fully saturated rings. The van der Waals surface area contributed by atoms with Gasteiger partial charge in [-0.2, -0.15) is 0 Å². The lowest BCUT2D eigenvalue weighted by molar-refractivity contribution is 0.102. The minimum Gasteiger partial charge on any atom is -0.296 e. The highest BCUT2D eigenvalue weighted by Gasteiger charge is 2.15. The molecule has 1 N–H and O–H groups in total. The number of nitrogens with one attached hydrogen (secondary N) is 1. The second kappa shape index (κ2) is 7.26. The topological polar surface area (TPSA) is 72.7 Å². The molecule has 0 spiro atoms. The molecule has 0 saturated carbocycles. The van der Waals surface area contributed by atoms with Crippen LogP contribution in [0, 0.1) is 5.82 Å². The third-order valence-corrected chi connectivity index (χ3v) is 4.75. The first kappa shape index (κ1) is 17.3. The van der Waals surface area contributed by atoms with E-state index in [2.05, 4.69) is 20.6 Å². The molecule has 2 aromatic heterocycles. The number of benzene rings is 2. The molecule has 0 saturated heterocycles. The Bertz CT molecular complexity index is 1130. The van der Waals surface area contributed by atoms with Crippen LogP contribution < -0.4 is 5.32 Å². The van der Waals surface area contributed by atoms with Gasteiger partial charge in [-0.25, -0.2) is 14.1 Å². The van der Waals surface area contributed by atoms with E-state index in [-0.39, 0.29) is 11.5 Å². The van der Waals surface area contributed by atoms with Gasteiger partial charge in [0.15, 0.2) is 10.8 Å². The number of hydrogen-bond donors (Lipinski definition) is 1. The number of amides is 1. The van der Waals surface area contributed by atoms with Crippen LogP contribution in [-0.4, -0.2) is 25.9 Å². The molecule has 0 radical (unpaired) electrons. The van der Waals surface area contributed by atoms with Crippen LogP contribution in [0.3, 0.4) is 0 Å². The summed E-state index contributed by atoms with van der Waals surface area (Å²) in [4.78, 5) is 16.7. The van der Waals surface area contributed by atoms with E-state index in [1.165, 1.54) is 34.3 Å². The molecular weight excluding hydrogens is 389 g/mol. The molecule has 134 valence electrons. The Balaban J connectivity index is 1.51. The second-order valence-corrected chi connectivity index (χ2v) is 6.77. The molecule has 0 atom stereocenters. The molecule has 4 rings (SSSR count). The Morgan fingerprint density at radius 3 is 2.85 bits per heavy atom. The third kappa shape index (κ3) is 3.71. The number of anilines is 1. The summed E-state index contributed by atoms with van der Waals surface area (Å²) >= 11 is 7.36. The van der Waals surface area contributed by atoms with E-state index in [0.717, 1.165) is 0 Å². The van der Waals surface area contributed by atoms with Gasteiger partial charge in [0.05, 0.1) is 22.6 Å². The second-order valence-electron chi connectivity index (χ2n) is 5.50. The maximum atomic E-state index is 13.3. The highest BCUT2D eigenvalue weighted by atomic mass is 35.5. The SMILES string of the molecule is O=C(Nc1nc(-c2cccc(F)c2)cs1)c1cn(-c2ccccc2Cl)nn1. The third-order valence-electron chi connectivity index (χ3n) is 3.67. The summed E-state index contributed by atoms with van der Waals surface area (Å²) in [6.45, 7) is 0. The number of rotatable bonds is 4. The van der Waals surface area contributed by atoms with Crippen molar-refractivity contribution in [2.75, 3.05) is 5.32 Å².